The summed E-state index contributed by atoms with van der Waals surface area (Å²) in [5.41, 5.74) is -2.53. The SMILES string of the molecule is CN(CC(=O)C1C(=O)c2cc3c(cc2C1=O)C(=O)C(C(=O)CN(C)C(=O)OC(C)(C)C)C3=O)C(=O)OC(C)(C)C. The largest absolute Gasteiger partial charge is 0.444 e. The Morgan fingerprint density at radius 1 is 0.600 bits per heavy atom. The van der Waals surface area contributed by atoms with E-state index < -0.39 is 83.0 Å². The quantitative estimate of drug-likeness (QED) is 0.476. The van der Waals surface area contributed by atoms with E-state index in [9.17, 15) is 38.4 Å². The summed E-state index contributed by atoms with van der Waals surface area (Å²) in [5, 5.41) is 0. The molecule has 0 atom stereocenters. The Bertz CT molecular complexity index is 1210. The van der Waals surface area contributed by atoms with Crippen LogP contribution in [0.2, 0.25) is 0 Å². The molecule has 2 aliphatic carbocycles. The maximum absolute atomic E-state index is 13.1. The zero-order valence-corrected chi connectivity index (χ0v) is 23.7. The van der Waals surface area contributed by atoms with Crippen LogP contribution in [-0.2, 0) is 19.1 Å². The van der Waals surface area contributed by atoms with Crippen molar-refractivity contribution < 1.29 is 47.8 Å². The van der Waals surface area contributed by atoms with Gasteiger partial charge in [-0.05, 0) is 53.7 Å². The Balaban J connectivity index is 1.79. The second-order valence-corrected chi connectivity index (χ2v) is 11.9. The van der Waals surface area contributed by atoms with E-state index in [1.54, 1.807) is 41.5 Å². The van der Waals surface area contributed by atoms with Gasteiger partial charge < -0.3 is 19.3 Å². The molecule has 12 heteroatoms. The highest BCUT2D eigenvalue weighted by Gasteiger charge is 2.49. The van der Waals surface area contributed by atoms with Gasteiger partial charge in [-0.3, -0.25) is 28.8 Å². The fourth-order valence-electron chi connectivity index (χ4n) is 4.32. The number of carbonyl (C=O) groups excluding carboxylic acids is 8. The number of hydrogen-bond acceptors (Lipinski definition) is 10. The molecule has 0 unspecified atom stereocenters. The second kappa shape index (κ2) is 10.4. The summed E-state index contributed by atoms with van der Waals surface area (Å²) in [6.45, 7) is 8.68. The first kappa shape index (κ1) is 30.3. The van der Waals surface area contributed by atoms with Crippen LogP contribution in [-0.4, -0.2) is 95.1 Å². The van der Waals surface area contributed by atoms with Gasteiger partial charge in [0, 0.05) is 36.3 Å². The topological polar surface area (TPSA) is 162 Å². The van der Waals surface area contributed by atoms with E-state index in [1.807, 2.05) is 0 Å². The number of fused-ring (bicyclic) bond motifs is 2. The molecule has 0 radical (unpaired) electrons. The third-order valence-corrected chi connectivity index (χ3v) is 6.11. The molecular weight excluding hydrogens is 524 g/mol. The van der Waals surface area contributed by atoms with Crippen LogP contribution in [0.3, 0.4) is 0 Å². The summed E-state index contributed by atoms with van der Waals surface area (Å²) in [5.74, 6) is -8.67. The van der Waals surface area contributed by atoms with Crippen molar-refractivity contribution >= 4 is 46.9 Å². The van der Waals surface area contributed by atoms with Crippen molar-refractivity contribution in [1.82, 2.24) is 9.80 Å². The number of Topliss-reactive ketones (excluding diaryl/α,β-unsaturated/α-hetero) is 6. The first-order valence-electron chi connectivity index (χ1n) is 12.5. The maximum Gasteiger partial charge on any atom is 0.410 e. The van der Waals surface area contributed by atoms with Crippen LogP contribution in [0.4, 0.5) is 9.59 Å². The highest BCUT2D eigenvalue weighted by atomic mass is 16.6. The number of ether oxygens (including phenoxy) is 2. The number of ketones is 6. The molecule has 40 heavy (non-hydrogen) atoms. The molecule has 1 aromatic carbocycles. The second-order valence-electron chi connectivity index (χ2n) is 11.9. The number of nitrogens with zero attached hydrogens (tertiary/aromatic N) is 2. The van der Waals surface area contributed by atoms with Crippen LogP contribution in [0, 0.1) is 11.8 Å². The molecule has 0 aliphatic heterocycles. The van der Waals surface area contributed by atoms with Crippen molar-refractivity contribution in [2.24, 2.45) is 11.8 Å². The lowest BCUT2D eigenvalue weighted by molar-refractivity contribution is -0.122. The van der Waals surface area contributed by atoms with Gasteiger partial charge in [-0.2, -0.15) is 0 Å². The molecule has 0 N–H and O–H groups in total. The maximum atomic E-state index is 13.1. The minimum atomic E-state index is -1.74. The Morgan fingerprint density at radius 3 is 1.07 bits per heavy atom. The molecule has 0 spiro atoms. The van der Waals surface area contributed by atoms with Crippen LogP contribution in [0.1, 0.15) is 83.0 Å². The molecule has 0 heterocycles. The Hall–Kier alpha value is -4.22. The summed E-state index contributed by atoms with van der Waals surface area (Å²) in [6.07, 6.45) is -1.64. The van der Waals surface area contributed by atoms with Crippen molar-refractivity contribution in [2.75, 3.05) is 27.2 Å². The van der Waals surface area contributed by atoms with Gasteiger partial charge in [-0.25, -0.2) is 9.59 Å². The molecule has 2 aliphatic rings. The first-order valence-corrected chi connectivity index (χ1v) is 12.5. The van der Waals surface area contributed by atoms with E-state index in [2.05, 4.69) is 0 Å². The number of hydrogen-bond donors (Lipinski definition) is 0. The van der Waals surface area contributed by atoms with E-state index >= 15 is 0 Å². The van der Waals surface area contributed by atoms with Crippen LogP contribution < -0.4 is 0 Å². The third kappa shape index (κ3) is 6.00. The number of rotatable bonds is 6. The van der Waals surface area contributed by atoms with E-state index in [0.29, 0.717) is 0 Å². The Labute approximate surface area is 230 Å². The van der Waals surface area contributed by atoms with Gasteiger partial charge in [-0.1, -0.05) is 0 Å². The fourth-order valence-corrected chi connectivity index (χ4v) is 4.32. The molecule has 0 aromatic heterocycles. The van der Waals surface area contributed by atoms with Gasteiger partial charge in [0.15, 0.2) is 34.7 Å². The number of amides is 2. The fraction of sp³-hybridized carbons (Fsp3) is 0.500. The number of likely N-dealkylation sites (N-methyl/N-ethyl adjacent to an activating group) is 2. The van der Waals surface area contributed by atoms with E-state index in [0.717, 1.165) is 21.9 Å². The average Bonchev–Trinajstić information content (AvgIpc) is 3.19. The summed E-state index contributed by atoms with van der Waals surface area (Å²) < 4.78 is 10.4. The highest BCUT2D eigenvalue weighted by Crippen LogP contribution is 2.36. The number of carbonyl (C=O) groups is 8. The normalized spacial score (nSPS) is 15.6. The lowest BCUT2D eigenvalue weighted by Gasteiger charge is -2.24. The number of benzene rings is 1. The monoisotopic (exact) mass is 556 g/mol. The van der Waals surface area contributed by atoms with Crippen molar-refractivity contribution in [3.8, 4) is 0 Å². The van der Waals surface area contributed by atoms with Gasteiger partial charge in [-0.15, -0.1) is 0 Å². The lowest BCUT2D eigenvalue weighted by Crippen LogP contribution is -2.40. The van der Waals surface area contributed by atoms with Crippen molar-refractivity contribution in [3.63, 3.8) is 0 Å². The lowest BCUT2D eigenvalue weighted by atomic mass is 9.96. The van der Waals surface area contributed by atoms with Gasteiger partial charge in [0.1, 0.15) is 23.0 Å². The molecule has 3 rings (SSSR count). The molecule has 0 bridgehead atoms. The van der Waals surface area contributed by atoms with Crippen molar-refractivity contribution in [2.45, 2.75) is 52.7 Å². The third-order valence-electron chi connectivity index (χ3n) is 6.11. The van der Waals surface area contributed by atoms with Crippen molar-refractivity contribution in [1.29, 1.82) is 0 Å². The molecule has 1 aromatic rings. The molecular formula is C28H32N2O10. The zero-order chi connectivity index (χ0) is 30.5. The zero-order valence-electron chi connectivity index (χ0n) is 23.7. The Morgan fingerprint density at radius 2 is 0.850 bits per heavy atom. The smallest absolute Gasteiger partial charge is 0.410 e. The van der Waals surface area contributed by atoms with Gasteiger partial charge in [0.2, 0.25) is 0 Å². The van der Waals surface area contributed by atoms with Gasteiger partial charge >= 0.3 is 12.2 Å². The average molecular weight is 557 g/mol. The standard InChI is InChI=1S/C28H32N2O10/c1-27(2,3)39-25(37)29(7)11-17(31)19-21(33)13-9-15-16(10-14(13)22(19)34)24(36)20(23(15)35)18(32)12-30(8)26(38)40-28(4,5)6/h9-10,19-20H,11-12H2,1-8H3. The predicted octanol–water partition coefficient (Wildman–Crippen LogP) is 2.55. The molecule has 12 nitrogen and oxygen atoms in total. The molecule has 0 fully saturated rings. The van der Waals surface area contributed by atoms with Crippen molar-refractivity contribution in [3.05, 3.63) is 34.4 Å². The minimum absolute atomic E-state index is 0.220. The summed E-state index contributed by atoms with van der Waals surface area (Å²) in [7, 11) is 2.57. The van der Waals surface area contributed by atoms with Gasteiger partial charge in [0.25, 0.3) is 0 Å². The van der Waals surface area contributed by atoms with E-state index in [1.165, 1.54) is 14.1 Å². The summed E-state index contributed by atoms with van der Waals surface area (Å²) >= 11 is 0. The summed E-state index contributed by atoms with van der Waals surface area (Å²) in [4.78, 5) is 104. The van der Waals surface area contributed by atoms with Crippen LogP contribution in [0.25, 0.3) is 0 Å². The van der Waals surface area contributed by atoms with Crippen LogP contribution in [0.5, 0.6) is 0 Å². The summed E-state index contributed by atoms with van der Waals surface area (Å²) in [6, 6.07) is 2.11. The first-order chi connectivity index (χ1) is 18.2. The van der Waals surface area contributed by atoms with E-state index in [4.69, 9.17) is 9.47 Å². The minimum Gasteiger partial charge on any atom is -0.444 e. The van der Waals surface area contributed by atoms with Gasteiger partial charge in [0.05, 0.1) is 13.1 Å². The Kier molecular flexibility index (Phi) is 7.88. The van der Waals surface area contributed by atoms with E-state index in [-0.39, 0.29) is 22.3 Å². The molecule has 0 saturated carbocycles. The van der Waals surface area contributed by atoms with Crippen LogP contribution in [0.15, 0.2) is 12.1 Å². The highest BCUT2D eigenvalue weighted by molar-refractivity contribution is 6.40. The molecule has 2 amide bonds. The molecule has 214 valence electrons. The predicted molar refractivity (Wildman–Crippen MR) is 138 cm³/mol. The van der Waals surface area contributed by atoms with Crippen LogP contribution >= 0.6 is 0 Å². The molecule has 0 saturated heterocycles.